The van der Waals surface area contributed by atoms with Crippen molar-refractivity contribution in [3.05, 3.63) is 41.7 Å². The van der Waals surface area contributed by atoms with Gasteiger partial charge < -0.3 is 37.8 Å². The molecule has 35 heavy (non-hydrogen) atoms. The molecule has 0 spiro atoms. The highest BCUT2D eigenvalue weighted by Gasteiger charge is 2.22. The molecule has 14 nitrogen and oxygen atoms in total. The molecule has 0 aliphatic heterocycles. The van der Waals surface area contributed by atoms with Gasteiger partial charge in [0.05, 0.1) is 25.1 Å². The highest BCUT2D eigenvalue weighted by Crippen LogP contribution is 2.19. The summed E-state index contributed by atoms with van der Waals surface area (Å²) in [4.78, 5) is 54.0. The number of amides is 2. The molecule has 1 atom stereocenters. The van der Waals surface area contributed by atoms with Crippen LogP contribution in [0, 0.1) is 0 Å². The van der Waals surface area contributed by atoms with Crippen molar-refractivity contribution in [1.82, 2.24) is 30.6 Å². The number of fused-ring (bicyclic) bond motifs is 1. The number of anilines is 3. The summed E-state index contributed by atoms with van der Waals surface area (Å²) in [5.41, 5.74) is 19.0. The Labute approximate surface area is 199 Å². The van der Waals surface area contributed by atoms with Crippen LogP contribution < -0.4 is 32.7 Å². The Morgan fingerprint density at radius 1 is 1.11 bits per heavy atom. The van der Waals surface area contributed by atoms with Gasteiger partial charge in [0.1, 0.15) is 6.04 Å². The Hall–Kier alpha value is -4.59. The van der Waals surface area contributed by atoms with E-state index in [9.17, 15) is 19.5 Å². The molecular weight excluding hydrogens is 456 g/mol. The van der Waals surface area contributed by atoms with Crippen LogP contribution in [0.1, 0.15) is 28.9 Å². The summed E-state index contributed by atoms with van der Waals surface area (Å²) < 4.78 is 0. The number of carboxylic acids is 1. The van der Waals surface area contributed by atoms with Gasteiger partial charge in [-0.2, -0.15) is 9.97 Å². The van der Waals surface area contributed by atoms with Crippen LogP contribution in [0.5, 0.6) is 0 Å². The molecule has 0 saturated carbocycles. The Morgan fingerprint density at radius 3 is 2.49 bits per heavy atom. The fourth-order valence-corrected chi connectivity index (χ4v) is 3.24. The first-order valence-electron chi connectivity index (χ1n) is 10.5. The number of carbonyl (C=O) groups is 3. The number of nitrogens with one attached hydrogen (secondary N) is 2. The zero-order chi connectivity index (χ0) is 25.5. The average molecular weight is 483 g/mol. The Bertz CT molecular complexity index is 1230. The summed E-state index contributed by atoms with van der Waals surface area (Å²) in [5, 5.41) is 14.2. The first-order chi connectivity index (χ1) is 16.7. The lowest BCUT2D eigenvalue weighted by Crippen LogP contribution is -2.42. The van der Waals surface area contributed by atoms with Crippen LogP contribution in [0.15, 0.2) is 30.5 Å². The summed E-state index contributed by atoms with van der Waals surface area (Å²) in [5.74, 6) is -2.04. The zero-order valence-corrected chi connectivity index (χ0v) is 18.9. The molecule has 0 unspecified atom stereocenters. The number of nitrogens with zero attached hydrogens (tertiary/aromatic N) is 5. The second kappa shape index (κ2) is 11.0. The third kappa shape index (κ3) is 6.48. The quantitative estimate of drug-likeness (QED) is 0.195. The summed E-state index contributed by atoms with van der Waals surface area (Å²) in [6.45, 7) is 0.332. The van der Waals surface area contributed by atoms with Crippen LogP contribution in [0.25, 0.3) is 11.2 Å². The van der Waals surface area contributed by atoms with Crippen LogP contribution >= 0.6 is 0 Å². The lowest BCUT2D eigenvalue weighted by atomic mass is 10.1. The SMILES string of the molecule is CN(Cc1cnc2nc(N)nc(N)c2n1)c1ccc(C(=O)N[C@@H](CCC(=O)NCN)C(=O)O)cc1. The van der Waals surface area contributed by atoms with Gasteiger partial charge in [0.25, 0.3) is 5.91 Å². The van der Waals surface area contributed by atoms with E-state index in [1.165, 1.54) is 0 Å². The smallest absolute Gasteiger partial charge is 0.326 e. The fourth-order valence-electron chi connectivity index (χ4n) is 3.24. The van der Waals surface area contributed by atoms with Gasteiger partial charge in [-0.15, -0.1) is 0 Å². The lowest BCUT2D eigenvalue weighted by molar-refractivity contribution is -0.139. The second-order valence-corrected chi connectivity index (χ2v) is 7.61. The van der Waals surface area contributed by atoms with Gasteiger partial charge in [0.2, 0.25) is 11.9 Å². The Balaban J connectivity index is 1.64. The molecule has 184 valence electrons. The minimum absolute atomic E-state index is 0.0186. The molecule has 2 amide bonds. The van der Waals surface area contributed by atoms with Crippen molar-refractivity contribution < 1.29 is 19.5 Å². The van der Waals surface area contributed by atoms with Gasteiger partial charge in [-0.25, -0.2) is 14.8 Å². The van der Waals surface area contributed by atoms with Crippen molar-refractivity contribution >= 4 is 46.4 Å². The molecule has 2 aromatic heterocycles. The van der Waals surface area contributed by atoms with Gasteiger partial charge in [0, 0.05) is 24.7 Å². The second-order valence-electron chi connectivity index (χ2n) is 7.61. The number of carboxylic acid groups (broad SMARTS) is 1. The monoisotopic (exact) mass is 482 g/mol. The van der Waals surface area contributed by atoms with E-state index in [0.717, 1.165) is 5.69 Å². The maximum absolute atomic E-state index is 12.5. The van der Waals surface area contributed by atoms with Crippen molar-refractivity contribution in [2.24, 2.45) is 5.73 Å². The molecule has 0 radical (unpaired) electrons. The van der Waals surface area contributed by atoms with E-state index in [1.807, 2.05) is 11.9 Å². The van der Waals surface area contributed by atoms with Gasteiger partial charge in [-0.1, -0.05) is 0 Å². The number of nitrogens with two attached hydrogens (primary N) is 3. The average Bonchev–Trinajstić information content (AvgIpc) is 2.82. The molecule has 14 heteroatoms. The molecule has 3 rings (SSSR count). The van der Waals surface area contributed by atoms with Crippen LogP contribution in [0.4, 0.5) is 17.5 Å². The van der Waals surface area contributed by atoms with E-state index in [4.69, 9.17) is 17.2 Å². The number of hydrogen-bond acceptors (Lipinski definition) is 11. The van der Waals surface area contributed by atoms with Gasteiger partial charge in [-0.05, 0) is 30.7 Å². The van der Waals surface area contributed by atoms with Crippen molar-refractivity contribution in [1.29, 1.82) is 0 Å². The number of aromatic nitrogens is 4. The molecule has 0 bridgehead atoms. The van der Waals surface area contributed by atoms with Crippen molar-refractivity contribution in [3.8, 4) is 0 Å². The van der Waals surface area contributed by atoms with Crippen molar-refractivity contribution in [2.45, 2.75) is 25.4 Å². The predicted molar refractivity (Wildman–Crippen MR) is 128 cm³/mol. The summed E-state index contributed by atoms with van der Waals surface area (Å²) >= 11 is 0. The van der Waals surface area contributed by atoms with E-state index < -0.39 is 23.8 Å². The number of carbonyl (C=O) groups excluding carboxylic acids is 2. The Morgan fingerprint density at radius 2 is 1.83 bits per heavy atom. The van der Waals surface area contributed by atoms with Gasteiger partial charge in [0.15, 0.2) is 17.0 Å². The number of hydrogen-bond donors (Lipinski definition) is 6. The summed E-state index contributed by atoms with van der Waals surface area (Å²) in [6, 6.07) is 5.36. The predicted octanol–water partition coefficient (Wildman–Crippen LogP) is -0.784. The minimum atomic E-state index is -1.24. The normalized spacial score (nSPS) is 11.6. The van der Waals surface area contributed by atoms with Crippen molar-refractivity contribution in [2.75, 3.05) is 30.1 Å². The number of nitrogen functional groups attached to an aromatic ring is 2. The van der Waals surface area contributed by atoms with E-state index in [0.29, 0.717) is 23.4 Å². The molecule has 0 fully saturated rings. The molecule has 0 saturated heterocycles. The maximum Gasteiger partial charge on any atom is 0.326 e. The van der Waals surface area contributed by atoms with Crippen molar-refractivity contribution in [3.63, 3.8) is 0 Å². The Kier molecular flexibility index (Phi) is 7.88. The van der Waals surface area contributed by atoms with Crippen LogP contribution in [-0.2, 0) is 16.1 Å². The standard InChI is InChI=1S/C21H26N10O4/c1-31(9-12-8-25-18-16(27-12)17(23)29-21(24)30-18)13-4-2-11(3-5-13)19(33)28-14(20(34)35)6-7-15(32)26-10-22/h2-5,8,14H,6-7,9-10,22H2,1H3,(H,26,32)(H,28,33)(H,34,35)(H4,23,24,25,29,30)/t14-/m0/s1. The molecule has 0 aliphatic rings. The van der Waals surface area contributed by atoms with E-state index in [1.54, 1.807) is 30.5 Å². The third-order valence-corrected chi connectivity index (χ3v) is 5.03. The van der Waals surface area contributed by atoms with Gasteiger partial charge in [-0.3, -0.25) is 9.59 Å². The summed E-state index contributed by atoms with van der Waals surface area (Å²) in [6.07, 6.45) is 1.41. The van der Waals surface area contributed by atoms with Crippen LogP contribution in [0.3, 0.4) is 0 Å². The lowest BCUT2D eigenvalue weighted by Gasteiger charge is -2.19. The topological polar surface area (TPSA) is 228 Å². The van der Waals surface area contributed by atoms with E-state index in [2.05, 4.69) is 30.6 Å². The number of aliphatic carboxylic acids is 1. The number of rotatable bonds is 10. The molecule has 0 aliphatic carbocycles. The highest BCUT2D eigenvalue weighted by atomic mass is 16.4. The molecule has 3 aromatic rings. The third-order valence-electron chi connectivity index (χ3n) is 5.03. The fraction of sp³-hybridized carbons (Fsp3) is 0.286. The van der Waals surface area contributed by atoms with Crippen LogP contribution in [0.2, 0.25) is 0 Å². The largest absolute Gasteiger partial charge is 0.480 e. The molecule has 2 heterocycles. The van der Waals surface area contributed by atoms with Gasteiger partial charge >= 0.3 is 5.97 Å². The summed E-state index contributed by atoms with van der Waals surface area (Å²) in [7, 11) is 1.83. The maximum atomic E-state index is 12.5. The molecule has 1 aromatic carbocycles. The number of benzene rings is 1. The van der Waals surface area contributed by atoms with E-state index in [-0.39, 0.29) is 36.8 Å². The highest BCUT2D eigenvalue weighted by molar-refractivity contribution is 5.97. The molecular formula is C21H26N10O4. The first kappa shape index (κ1) is 25.0. The molecule has 9 N–H and O–H groups in total. The van der Waals surface area contributed by atoms with Crippen LogP contribution in [-0.4, -0.2) is 62.6 Å². The van der Waals surface area contributed by atoms with E-state index >= 15 is 0 Å². The zero-order valence-electron chi connectivity index (χ0n) is 18.9. The first-order valence-corrected chi connectivity index (χ1v) is 10.5. The minimum Gasteiger partial charge on any atom is -0.480 e.